The minimum absolute atomic E-state index is 0.165. The second kappa shape index (κ2) is 9.24. The predicted molar refractivity (Wildman–Crippen MR) is 131 cm³/mol. The first kappa shape index (κ1) is 22.1. The van der Waals surface area contributed by atoms with Crippen LogP contribution in [0.15, 0.2) is 47.5 Å². The number of aromatic nitrogens is 3. The van der Waals surface area contributed by atoms with Crippen molar-refractivity contribution in [3.8, 4) is 6.07 Å². The highest BCUT2D eigenvalue weighted by Gasteiger charge is 2.18. The summed E-state index contributed by atoms with van der Waals surface area (Å²) >= 11 is 6.63. The monoisotopic (exact) mass is 471 g/mol. The molecule has 0 aliphatic heterocycles. The van der Waals surface area contributed by atoms with Gasteiger partial charge in [-0.05, 0) is 68.0 Å². The molecule has 0 radical (unpaired) electrons. The molecule has 1 aliphatic rings. The highest BCUT2D eigenvalue weighted by molar-refractivity contribution is 6.36. The highest BCUT2D eigenvalue weighted by Crippen LogP contribution is 2.33. The smallest absolute Gasteiger partial charge is 0.261 e. The van der Waals surface area contributed by atoms with Gasteiger partial charge in [0.05, 0.1) is 39.4 Å². The Kier molecular flexibility index (Phi) is 5.99. The number of rotatable bonds is 5. The van der Waals surface area contributed by atoms with E-state index in [-0.39, 0.29) is 11.5 Å². The third kappa shape index (κ3) is 4.13. The van der Waals surface area contributed by atoms with Crippen LogP contribution in [-0.4, -0.2) is 27.0 Å². The van der Waals surface area contributed by atoms with Crippen LogP contribution in [0, 0.1) is 11.3 Å². The fraction of sp³-hybridized carbons (Fsp3) is 0.269. The predicted octanol–water partition coefficient (Wildman–Crippen LogP) is 4.17. The van der Waals surface area contributed by atoms with Crippen molar-refractivity contribution in [3.63, 3.8) is 0 Å². The van der Waals surface area contributed by atoms with E-state index < -0.39 is 0 Å². The first-order valence-electron chi connectivity index (χ1n) is 11.3. The number of halogens is 1. The number of hydrogen-bond acceptors (Lipinski definition) is 5. The number of nitriles is 1. The van der Waals surface area contributed by atoms with Crippen LogP contribution in [0.25, 0.3) is 21.8 Å². The molecule has 2 heterocycles. The van der Waals surface area contributed by atoms with Crippen molar-refractivity contribution >= 4 is 39.3 Å². The summed E-state index contributed by atoms with van der Waals surface area (Å²) in [5, 5.41) is 14.0. The lowest BCUT2D eigenvalue weighted by molar-refractivity contribution is 0.0953. The van der Waals surface area contributed by atoms with Crippen LogP contribution in [0.1, 0.15) is 46.4 Å². The first-order valence-corrected chi connectivity index (χ1v) is 11.7. The molecule has 1 aliphatic carbocycles. The normalized spacial score (nSPS) is 12.9. The molecule has 0 atom stereocenters. The van der Waals surface area contributed by atoms with Gasteiger partial charge in [0, 0.05) is 29.7 Å². The zero-order valence-corrected chi connectivity index (χ0v) is 19.2. The molecule has 34 heavy (non-hydrogen) atoms. The van der Waals surface area contributed by atoms with E-state index in [1.165, 1.54) is 10.9 Å². The van der Waals surface area contributed by atoms with Gasteiger partial charge in [-0.25, -0.2) is 4.98 Å². The van der Waals surface area contributed by atoms with Crippen molar-refractivity contribution in [1.82, 2.24) is 19.9 Å². The van der Waals surface area contributed by atoms with Gasteiger partial charge in [-0.1, -0.05) is 17.7 Å². The second-order valence-electron chi connectivity index (χ2n) is 8.49. The molecule has 0 bridgehead atoms. The molecule has 1 N–H and O–H groups in total. The Hall–Kier alpha value is -3.76. The molecule has 2 aromatic heterocycles. The number of benzene rings is 2. The molecule has 0 fully saturated rings. The Balaban J connectivity index is 1.25. The molecule has 1 amide bonds. The van der Waals surface area contributed by atoms with Gasteiger partial charge in [0.1, 0.15) is 0 Å². The minimum Gasteiger partial charge on any atom is -0.352 e. The summed E-state index contributed by atoms with van der Waals surface area (Å²) in [5.74, 6) is -0.189. The number of carbonyl (C=O) groups excluding carboxylic acids is 1. The lowest BCUT2D eigenvalue weighted by Crippen LogP contribution is -2.27. The maximum Gasteiger partial charge on any atom is 0.261 e. The summed E-state index contributed by atoms with van der Waals surface area (Å²) < 4.78 is 1.52. The van der Waals surface area contributed by atoms with E-state index in [0.29, 0.717) is 41.5 Å². The molecule has 2 aromatic carbocycles. The van der Waals surface area contributed by atoms with E-state index >= 15 is 0 Å². The molecule has 0 saturated carbocycles. The fourth-order valence-electron chi connectivity index (χ4n) is 4.45. The van der Waals surface area contributed by atoms with Crippen LogP contribution in [-0.2, 0) is 19.4 Å². The third-order valence-electron chi connectivity index (χ3n) is 6.27. The summed E-state index contributed by atoms with van der Waals surface area (Å²) in [5.41, 5.74) is 4.25. The average Bonchev–Trinajstić information content (AvgIpc) is 2.87. The molecule has 8 heteroatoms. The van der Waals surface area contributed by atoms with Gasteiger partial charge in [0.25, 0.3) is 11.5 Å². The van der Waals surface area contributed by atoms with Crippen molar-refractivity contribution in [2.45, 2.75) is 38.6 Å². The van der Waals surface area contributed by atoms with Crippen LogP contribution in [0.5, 0.6) is 0 Å². The topological polar surface area (TPSA) is 101 Å². The number of fused-ring (bicyclic) bond motifs is 3. The zero-order chi connectivity index (χ0) is 23.7. The second-order valence-corrected chi connectivity index (χ2v) is 8.86. The van der Waals surface area contributed by atoms with Crippen molar-refractivity contribution in [2.24, 2.45) is 0 Å². The number of aryl methyl sites for hydroxylation is 2. The van der Waals surface area contributed by atoms with E-state index in [0.717, 1.165) is 52.9 Å². The van der Waals surface area contributed by atoms with E-state index in [4.69, 9.17) is 21.8 Å². The number of carbonyl (C=O) groups is 1. The Morgan fingerprint density at radius 3 is 2.79 bits per heavy atom. The van der Waals surface area contributed by atoms with Crippen LogP contribution >= 0.6 is 11.6 Å². The standard InChI is InChI=1S/C26H22ClN5O2/c27-24-18-4-1-2-5-21(18)31-23-13-17(7-9-19(23)24)25(33)29-10-3-11-32-15-30-22-12-16(14-28)6-8-20(22)26(32)34/h6-9,12-13,15H,1-5,10-11H2,(H,29,33). The molecule has 0 spiro atoms. The van der Waals surface area contributed by atoms with Crippen LogP contribution < -0.4 is 10.9 Å². The Morgan fingerprint density at radius 2 is 1.94 bits per heavy atom. The number of amides is 1. The third-order valence-corrected chi connectivity index (χ3v) is 6.70. The average molecular weight is 472 g/mol. The number of nitrogens with one attached hydrogen (secondary N) is 1. The fourth-order valence-corrected chi connectivity index (χ4v) is 4.81. The van der Waals surface area contributed by atoms with Crippen molar-refractivity contribution < 1.29 is 4.79 Å². The molecular formula is C26H22ClN5O2. The summed E-state index contributed by atoms with van der Waals surface area (Å²) in [6, 6.07) is 12.3. The maximum absolute atomic E-state index is 12.7. The summed E-state index contributed by atoms with van der Waals surface area (Å²) in [4.78, 5) is 34.4. The summed E-state index contributed by atoms with van der Waals surface area (Å²) in [7, 11) is 0. The molecule has 4 aromatic rings. The van der Waals surface area contributed by atoms with Crippen LogP contribution in [0.3, 0.4) is 0 Å². The van der Waals surface area contributed by atoms with Crippen molar-refractivity contribution in [1.29, 1.82) is 5.26 Å². The summed E-state index contributed by atoms with van der Waals surface area (Å²) in [6.45, 7) is 0.830. The Bertz CT molecular complexity index is 1540. The maximum atomic E-state index is 12.7. The van der Waals surface area contributed by atoms with Gasteiger partial charge < -0.3 is 5.32 Å². The molecule has 170 valence electrons. The van der Waals surface area contributed by atoms with E-state index in [1.54, 1.807) is 30.3 Å². The van der Waals surface area contributed by atoms with Crippen LogP contribution in [0.2, 0.25) is 5.02 Å². The van der Waals surface area contributed by atoms with E-state index in [1.807, 2.05) is 12.1 Å². The van der Waals surface area contributed by atoms with E-state index in [2.05, 4.69) is 10.3 Å². The minimum atomic E-state index is -0.189. The Labute approximate surface area is 201 Å². The van der Waals surface area contributed by atoms with Gasteiger partial charge in [-0.2, -0.15) is 5.26 Å². The molecule has 0 unspecified atom stereocenters. The lowest BCUT2D eigenvalue weighted by atomic mass is 9.94. The zero-order valence-electron chi connectivity index (χ0n) is 18.5. The van der Waals surface area contributed by atoms with Crippen LogP contribution in [0.4, 0.5) is 0 Å². The SMILES string of the molecule is N#Cc1ccc2c(=O)n(CCCNC(=O)c3ccc4c(Cl)c5c(nc4c3)CCCC5)cnc2c1. The van der Waals surface area contributed by atoms with Gasteiger partial charge in [-0.3, -0.25) is 19.1 Å². The molecule has 7 nitrogen and oxygen atoms in total. The number of hydrogen-bond donors (Lipinski definition) is 1. The first-order chi connectivity index (χ1) is 16.5. The summed E-state index contributed by atoms with van der Waals surface area (Å²) in [6.07, 6.45) is 6.16. The van der Waals surface area contributed by atoms with Gasteiger partial charge in [0.15, 0.2) is 0 Å². The number of pyridine rings is 1. The van der Waals surface area contributed by atoms with Gasteiger partial charge >= 0.3 is 0 Å². The van der Waals surface area contributed by atoms with Gasteiger partial charge in [-0.15, -0.1) is 0 Å². The van der Waals surface area contributed by atoms with Gasteiger partial charge in [0.2, 0.25) is 0 Å². The lowest BCUT2D eigenvalue weighted by Gasteiger charge is -2.18. The molecule has 0 saturated heterocycles. The largest absolute Gasteiger partial charge is 0.352 e. The number of nitrogens with zero attached hydrogens (tertiary/aromatic N) is 4. The van der Waals surface area contributed by atoms with E-state index in [9.17, 15) is 9.59 Å². The highest BCUT2D eigenvalue weighted by atomic mass is 35.5. The quantitative estimate of drug-likeness (QED) is 0.440. The van der Waals surface area contributed by atoms with Crippen molar-refractivity contribution in [3.05, 3.63) is 80.5 Å². The molecule has 5 rings (SSSR count). The molecular weight excluding hydrogens is 450 g/mol. The van der Waals surface area contributed by atoms with Crippen molar-refractivity contribution in [2.75, 3.05) is 6.54 Å². The Morgan fingerprint density at radius 1 is 1.12 bits per heavy atom.